The molecule has 0 radical (unpaired) electrons. The first kappa shape index (κ1) is 24.9. The summed E-state index contributed by atoms with van der Waals surface area (Å²) in [6, 6.07) is 11.7. The predicted octanol–water partition coefficient (Wildman–Crippen LogP) is 3.88. The number of hydrogen-bond acceptors (Lipinski definition) is 5. The number of halogens is 1. The molecule has 1 fully saturated rings. The van der Waals surface area contributed by atoms with Gasteiger partial charge < -0.3 is 25.2 Å². The average molecular weight is 473 g/mol. The van der Waals surface area contributed by atoms with Crippen LogP contribution in [0.3, 0.4) is 0 Å². The third-order valence-corrected chi connectivity index (χ3v) is 5.96. The molecule has 7 nitrogen and oxygen atoms in total. The predicted molar refractivity (Wildman–Crippen MR) is 133 cm³/mol. The molecule has 178 valence electrons. The fraction of sp³-hybridized carbons (Fsp3) is 0.440. The van der Waals surface area contributed by atoms with Crippen molar-refractivity contribution >= 4 is 34.8 Å². The number of piperazine rings is 1. The van der Waals surface area contributed by atoms with E-state index in [-0.39, 0.29) is 17.7 Å². The van der Waals surface area contributed by atoms with Gasteiger partial charge in [-0.2, -0.15) is 0 Å². The van der Waals surface area contributed by atoms with Crippen LogP contribution in [0.2, 0.25) is 5.02 Å². The molecule has 2 aromatic carbocycles. The highest BCUT2D eigenvalue weighted by atomic mass is 35.5. The molecule has 1 atom stereocenters. The third kappa shape index (κ3) is 6.62. The Morgan fingerprint density at radius 3 is 2.33 bits per heavy atom. The van der Waals surface area contributed by atoms with E-state index in [0.717, 1.165) is 31.9 Å². The Labute approximate surface area is 201 Å². The quantitative estimate of drug-likeness (QED) is 0.609. The van der Waals surface area contributed by atoms with Crippen LogP contribution in [-0.4, -0.2) is 62.6 Å². The molecule has 1 aliphatic rings. The molecular weight excluding hydrogens is 440 g/mol. The number of carbonyl (C=O) groups excluding carboxylic acids is 2. The van der Waals surface area contributed by atoms with Gasteiger partial charge in [-0.25, -0.2) is 0 Å². The van der Waals surface area contributed by atoms with E-state index in [9.17, 15) is 9.59 Å². The molecule has 1 unspecified atom stereocenters. The smallest absolute Gasteiger partial charge is 0.251 e. The first-order valence-corrected chi connectivity index (χ1v) is 11.7. The summed E-state index contributed by atoms with van der Waals surface area (Å²) < 4.78 is 5.43. The molecule has 2 amide bonds. The SMILES string of the molecule is CCOc1ccc(C(=O)NC(C(=O)Nc2cc(Cl)ccc2N2CCN(C)CC2)C(C)C)cc1. The number of amides is 2. The van der Waals surface area contributed by atoms with Crippen molar-refractivity contribution in [1.29, 1.82) is 0 Å². The van der Waals surface area contributed by atoms with Crippen LogP contribution in [0.15, 0.2) is 42.5 Å². The van der Waals surface area contributed by atoms with Crippen LogP contribution in [-0.2, 0) is 4.79 Å². The summed E-state index contributed by atoms with van der Waals surface area (Å²) in [6.07, 6.45) is 0. The van der Waals surface area contributed by atoms with E-state index in [0.29, 0.717) is 28.6 Å². The lowest BCUT2D eigenvalue weighted by Crippen LogP contribution is -2.47. The number of likely N-dealkylation sites (N-methyl/N-ethyl adjacent to an activating group) is 1. The van der Waals surface area contributed by atoms with Crippen molar-refractivity contribution < 1.29 is 14.3 Å². The van der Waals surface area contributed by atoms with Gasteiger partial charge in [0.2, 0.25) is 5.91 Å². The summed E-state index contributed by atoms with van der Waals surface area (Å²) in [4.78, 5) is 30.6. The first-order valence-electron chi connectivity index (χ1n) is 11.4. The number of rotatable bonds is 8. The van der Waals surface area contributed by atoms with E-state index in [1.807, 2.05) is 32.9 Å². The van der Waals surface area contributed by atoms with Gasteiger partial charge in [0.05, 0.1) is 18.0 Å². The van der Waals surface area contributed by atoms with Gasteiger partial charge in [-0.3, -0.25) is 9.59 Å². The maximum Gasteiger partial charge on any atom is 0.251 e. The monoisotopic (exact) mass is 472 g/mol. The number of benzene rings is 2. The third-order valence-electron chi connectivity index (χ3n) is 5.72. The van der Waals surface area contributed by atoms with Crippen molar-refractivity contribution in [2.45, 2.75) is 26.8 Å². The number of hydrogen-bond donors (Lipinski definition) is 2. The zero-order valence-electron chi connectivity index (χ0n) is 19.7. The summed E-state index contributed by atoms with van der Waals surface area (Å²) >= 11 is 6.25. The lowest BCUT2D eigenvalue weighted by molar-refractivity contribution is -0.118. The van der Waals surface area contributed by atoms with Crippen LogP contribution in [0.25, 0.3) is 0 Å². The van der Waals surface area contributed by atoms with Crippen LogP contribution in [0.4, 0.5) is 11.4 Å². The van der Waals surface area contributed by atoms with E-state index in [4.69, 9.17) is 16.3 Å². The number of nitrogens with zero attached hydrogens (tertiary/aromatic N) is 2. The van der Waals surface area contributed by atoms with Crippen LogP contribution in [0, 0.1) is 5.92 Å². The zero-order chi connectivity index (χ0) is 24.0. The summed E-state index contributed by atoms with van der Waals surface area (Å²) in [5.74, 6) is 0.00623. The van der Waals surface area contributed by atoms with Gasteiger partial charge in [0, 0.05) is 36.8 Å². The molecule has 3 rings (SSSR count). The Kier molecular flexibility index (Phi) is 8.58. The van der Waals surface area contributed by atoms with Gasteiger partial charge >= 0.3 is 0 Å². The van der Waals surface area contributed by atoms with Gasteiger partial charge in [-0.1, -0.05) is 25.4 Å². The largest absolute Gasteiger partial charge is 0.494 e. The lowest BCUT2D eigenvalue weighted by Gasteiger charge is -2.35. The van der Waals surface area contributed by atoms with E-state index < -0.39 is 6.04 Å². The fourth-order valence-electron chi connectivity index (χ4n) is 3.77. The first-order chi connectivity index (χ1) is 15.8. The van der Waals surface area contributed by atoms with E-state index >= 15 is 0 Å². The van der Waals surface area contributed by atoms with Crippen molar-refractivity contribution in [3.05, 3.63) is 53.1 Å². The van der Waals surface area contributed by atoms with Crippen LogP contribution in [0.5, 0.6) is 5.75 Å². The Bertz CT molecular complexity index is 957. The highest BCUT2D eigenvalue weighted by Crippen LogP contribution is 2.30. The van der Waals surface area contributed by atoms with Crippen LogP contribution < -0.4 is 20.3 Å². The second-order valence-corrected chi connectivity index (χ2v) is 9.03. The molecule has 0 saturated carbocycles. The number of anilines is 2. The minimum atomic E-state index is -0.705. The molecule has 0 aliphatic carbocycles. The zero-order valence-corrected chi connectivity index (χ0v) is 20.5. The summed E-state index contributed by atoms with van der Waals surface area (Å²) in [6.45, 7) is 9.89. The number of ether oxygens (including phenoxy) is 1. The maximum atomic E-state index is 13.2. The average Bonchev–Trinajstić information content (AvgIpc) is 2.78. The fourth-order valence-corrected chi connectivity index (χ4v) is 3.94. The van der Waals surface area contributed by atoms with Crippen molar-refractivity contribution in [2.75, 3.05) is 50.1 Å². The second-order valence-electron chi connectivity index (χ2n) is 8.59. The Hall–Kier alpha value is -2.77. The Balaban J connectivity index is 1.74. The molecule has 2 N–H and O–H groups in total. The molecule has 0 bridgehead atoms. The molecule has 1 saturated heterocycles. The number of nitrogens with one attached hydrogen (secondary N) is 2. The van der Waals surface area contributed by atoms with Gasteiger partial charge in [0.1, 0.15) is 11.8 Å². The summed E-state index contributed by atoms with van der Waals surface area (Å²) in [5.41, 5.74) is 2.05. The van der Waals surface area contributed by atoms with Crippen molar-refractivity contribution in [3.63, 3.8) is 0 Å². The van der Waals surface area contributed by atoms with Crippen LogP contribution in [0.1, 0.15) is 31.1 Å². The maximum absolute atomic E-state index is 13.2. The molecule has 2 aromatic rings. The molecule has 1 heterocycles. The van der Waals surface area contributed by atoms with E-state index in [1.165, 1.54) is 0 Å². The van der Waals surface area contributed by atoms with Crippen LogP contribution >= 0.6 is 11.6 Å². The molecule has 33 heavy (non-hydrogen) atoms. The Morgan fingerprint density at radius 2 is 1.73 bits per heavy atom. The molecule has 0 aromatic heterocycles. The van der Waals surface area contributed by atoms with Gasteiger partial charge in [0.15, 0.2) is 0 Å². The highest BCUT2D eigenvalue weighted by Gasteiger charge is 2.26. The van der Waals surface area contributed by atoms with Crippen molar-refractivity contribution in [1.82, 2.24) is 10.2 Å². The van der Waals surface area contributed by atoms with Gasteiger partial charge in [0.25, 0.3) is 5.91 Å². The normalized spacial score (nSPS) is 15.3. The van der Waals surface area contributed by atoms with Crippen molar-refractivity contribution in [2.24, 2.45) is 5.92 Å². The molecule has 0 spiro atoms. The molecule has 8 heteroatoms. The lowest BCUT2D eigenvalue weighted by atomic mass is 10.0. The minimum Gasteiger partial charge on any atom is -0.494 e. The topological polar surface area (TPSA) is 73.9 Å². The Morgan fingerprint density at radius 1 is 1.06 bits per heavy atom. The van der Waals surface area contributed by atoms with Gasteiger partial charge in [-0.15, -0.1) is 0 Å². The minimum absolute atomic E-state index is 0.108. The summed E-state index contributed by atoms with van der Waals surface area (Å²) in [7, 11) is 2.10. The number of carbonyl (C=O) groups is 2. The molecular formula is C25H33ClN4O3. The van der Waals surface area contributed by atoms with E-state index in [1.54, 1.807) is 30.3 Å². The van der Waals surface area contributed by atoms with E-state index in [2.05, 4.69) is 27.5 Å². The standard InChI is InChI=1S/C25H33ClN4O3/c1-5-33-20-9-6-18(7-10-20)24(31)28-23(17(2)3)25(32)27-21-16-19(26)8-11-22(21)30-14-12-29(4)13-15-30/h6-11,16-17,23H,5,12-15H2,1-4H3,(H,27,32)(H,28,31). The highest BCUT2D eigenvalue weighted by molar-refractivity contribution is 6.31. The molecule has 1 aliphatic heterocycles. The summed E-state index contributed by atoms with van der Waals surface area (Å²) in [5, 5.41) is 6.43. The second kappa shape index (κ2) is 11.4. The van der Waals surface area contributed by atoms with Crippen molar-refractivity contribution in [3.8, 4) is 5.75 Å². The van der Waals surface area contributed by atoms with Gasteiger partial charge in [-0.05, 0) is 62.4 Å².